The highest BCUT2D eigenvalue weighted by Gasteiger charge is 2.55. The molecule has 2 unspecified atom stereocenters. The van der Waals surface area contributed by atoms with Gasteiger partial charge in [0.15, 0.2) is 11.0 Å². The van der Waals surface area contributed by atoms with Gasteiger partial charge in [0.25, 0.3) is 5.65 Å². The van der Waals surface area contributed by atoms with Crippen molar-refractivity contribution in [1.29, 1.82) is 0 Å². The molecule has 3 heteroatoms. The molecule has 5 rings (SSSR count). The standard InChI is InChI=1S/C25H30N3/c1-7-24(5)17-12-11-13-18-21(17)23-27(22(26-18)16(3)4)19-14-9-10-15-20(19)28(23)25(24,6)8-2/h9-16H,7-8H2,1-6H3/q+1. The second kappa shape index (κ2) is 5.56. The van der Waals surface area contributed by atoms with Crippen LogP contribution >= 0.6 is 0 Å². The van der Waals surface area contributed by atoms with Crippen molar-refractivity contribution in [2.75, 3.05) is 0 Å². The predicted molar refractivity (Wildman–Crippen MR) is 116 cm³/mol. The predicted octanol–water partition coefficient (Wildman–Crippen LogP) is 5.86. The Hall–Kier alpha value is -2.42. The minimum atomic E-state index is -0.00695. The summed E-state index contributed by atoms with van der Waals surface area (Å²) in [6.07, 6.45) is 2.18. The Labute approximate surface area is 167 Å². The minimum absolute atomic E-state index is 0.00695. The monoisotopic (exact) mass is 372 g/mol. The van der Waals surface area contributed by atoms with Crippen LogP contribution in [-0.4, -0.2) is 9.38 Å². The fourth-order valence-electron chi connectivity index (χ4n) is 5.67. The molecule has 3 nitrogen and oxygen atoms in total. The van der Waals surface area contributed by atoms with Crippen molar-refractivity contribution >= 4 is 27.6 Å². The maximum atomic E-state index is 5.18. The van der Waals surface area contributed by atoms with E-state index < -0.39 is 0 Å². The topological polar surface area (TPSA) is 21.2 Å². The summed E-state index contributed by atoms with van der Waals surface area (Å²) in [4.78, 5) is 5.18. The Balaban J connectivity index is 2.19. The zero-order valence-corrected chi connectivity index (χ0v) is 17.9. The summed E-state index contributed by atoms with van der Waals surface area (Å²) < 4.78 is 5.09. The van der Waals surface area contributed by atoms with Gasteiger partial charge < -0.3 is 0 Å². The average Bonchev–Trinajstić information content (AvgIpc) is 3.06. The van der Waals surface area contributed by atoms with E-state index in [-0.39, 0.29) is 11.0 Å². The van der Waals surface area contributed by atoms with Crippen LogP contribution < -0.4 is 4.57 Å². The lowest BCUT2D eigenvalue weighted by Crippen LogP contribution is -2.66. The lowest BCUT2D eigenvalue weighted by molar-refractivity contribution is -0.728. The average molecular weight is 373 g/mol. The Kier molecular flexibility index (Phi) is 3.51. The van der Waals surface area contributed by atoms with Crippen LogP contribution in [0.5, 0.6) is 0 Å². The van der Waals surface area contributed by atoms with Gasteiger partial charge in [-0.3, -0.25) is 0 Å². The molecule has 0 saturated heterocycles. The summed E-state index contributed by atoms with van der Waals surface area (Å²) >= 11 is 0. The van der Waals surface area contributed by atoms with Crippen LogP contribution in [0.25, 0.3) is 27.6 Å². The molecule has 1 aliphatic heterocycles. The van der Waals surface area contributed by atoms with E-state index in [9.17, 15) is 0 Å². The number of aromatic nitrogens is 3. The van der Waals surface area contributed by atoms with Gasteiger partial charge >= 0.3 is 0 Å². The molecule has 0 bridgehead atoms. The van der Waals surface area contributed by atoms with Crippen molar-refractivity contribution in [2.24, 2.45) is 0 Å². The van der Waals surface area contributed by atoms with Crippen LogP contribution in [-0.2, 0) is 11.0 Å². The van der Waals surface area contributed by atoms with Gasteiger partial charge in [-0.15, -0.1) is 0 Å². The van der Waals surface area contributed by atoms with E-state index >= 15 is 0 Å². The van der Waals surface area contributed by atoms with Crippen LogP contribution in [0.15, 0.2) is 42.5 Å². The molecule has 2 atom stereocenters. The van der Waals surface area contributed by atoms with Crippen molar-refractivity contribution < 1.29 is 4.57 Å². The molecule has 0 fully saturated rings. The number of nitrogens with zero attached hydrogens (tertiary/aromatic N) is 3. The number of fused-ring (bicyclic) bond motifs is 3. The first-order valence-corrected chi connectivity index (χ1v) is 10.7. The summed E-state index contributed by atoms with van der Waals surface area (Å²) in [5.74, 6) is 1.50. The van der Waals surface area contributed by atoms with E-state index in [1.807, 2.05) is 0 Å². The molecule has 0 N–H and O–H groups in total. The molecular weight excluding hydrogens is 342 g/mol. The van der Waals surface area contributed by atoms with E-state index in [1.54, 1.807) is 0 Å². The molecule has 4 aromatic rings. The summed E-state index contributed by atoms with van der Waals surface area (Å²) in [7, 11) is 0. The Bertz CT molecular complexity index is 1250. The molecule has 0 radical (unpaired) electrons. The third kappa shape index (κ3) is 1.81. The summed E-state index contributed by atoms with van der Waals surface area (Å²) in [6, 6.07) is 15.6. The molecular formula is C25H30N3+. The van der Waals surface area contributed by atoms with Gasteiger partial charge in [0.2, 0.25) is 5.82 Å². The van der Waals surface area contributed by atoms with Gasteiger partial charge in [-0.2, -0.15) is 4.40 Å². The van der Waals surface area contributed by atoms with Gasteiger partial charge in [0.1, 0.15) is 5.54 Å². The van der Waals surface area contributed by atoms with Crippen molar-refractivity contribution in [3.63, 3.8) is 0 Å². The Morgan fingerprint density at radius 3 is 2.43 bits per heavy atom. The third-order valence-electron chi connectivity index (χ3n) is 7.71. The van der Waals surface area contributed by atoms with E-state index in [4.69, 9.17) is 4.98 Å². The fraction of sp³-hybridized carbons (Fsp3) is 0.440. The molecule has 0 saturated carbocycles. The van der Waals surface area contributed by atoms with Crippen molar-refractivity contribution in [3.8, 4) is 0 Å². The lowest BCUT2D eigenvalue weighted by Gasteiger charge is -2.46. The van der Waals surface area contributed by atoms with E-state index in [1.165, 1.54) is 27.6 Å². The normalized spacial score (nSPS) is 24.2. The smallest absolute Gasteiger partial charge is 0.216 e. The number of benzene rings is 2. The third-order valence-corrected chi connectivity index (χ3v) is 7.71. The highest BCUT2D eigenvalue weighted by molar-refractivity contribution is 5.97. The lowest BCUT2D eigenvalue weighted by atomic mass is 9.62. The SMILES string of the molecule is CCC1(C)c2cccc3nc(C(C)C)n4c5ccccc5[n+](c4c23)C1(C)CC. The first-order chi connectivity index (χ1) is 13.4. The molecule has 144 valence electrons. The van der Waals surface area contributed by atoms with Crippen LogP contribution in [0.2, 0.25) is 0 Å². The number of imidazole rings is 1. The summed E-state index contributed by atoms with van der Waals surface area (Å²) in [6.45, 7) is 14.1. The summed E-state index contributed by atoms with van der Waals surface area (Å²) in [5.41, 5.74) is 6.52. The van der Waals surface area contributed by atoms with Crippen LogP contribution in [0.1, 0.15) is 71.7 Å². The van der Waals surface area contributed by atoms with E-state index in [2.05, 4.69) is 93.0 Å². The molecule has 1 aliphatic rings. The van der Waals surface area contributed by atoms with E-state index in [0.717, 1.165) is 24.2 Å². The van der Waals surface area contributed by atoms with Gasteiger partial charge in [0.05, 0.1) is 10.9 Å². The van der Waals surface area contributed by atoms with Crippen molar-refractivity contribution in [3.05, 3.63) is 53.9 Å². The van der Waals surface area contributed by atoms with Gasteiger partial charge in [0, 0.05) is 11.3 Å². The number of para-hydroxylation sites is 2. The minimum Gasteiger partial charge on any atom is -0.216 e. The largest absolute Gasteiger partial charge is 0.299 e. The van der Waals surface area contributed by atoms with Gasteiger partial charge in [-0.25, -0.2) is 9.55 Å². The molecule has 0 spiro atoms. The zero-order chi connectivity index (χ0) is 19.8. The van der Waals surface area contributed by atoms with Crippen LogP contribution in [0.4, 0.5) is 0 Å². The molecule has 28 heavy (non-hydrogen) atoms. The molecule has 2 aromatic heterocycles. The van der Waals surface area contributed by atoms with Gasteiger partial charge in [-0.05, 0) is 43.5 Å². The number of hydrogen-bond acceptors (Lipinski definition) is 1. The molecule has 3 heterocycles. The second-order valence-electron chi connectivity index (χ2n) is 9.12. The van der Waals surface area contributed by atoms with Crippen molar-refractivity contribution in [1.82, 2.24) is 9.38 Å². The maximum Gasteiger partial charge on any atom is 0.299 e. The number of hydrogen-bond donors (Lipinski definition) is 0. The highest BCUT2D eigenvalue weighted by Crippen LogP contribution is 2.49. The highest BCUT2D eigenvalue weighted by atomic mass is 15.2. The number of rotatable bonds is 3. The first-order valence-electron chi connectivity index (χ1n) is 10.7. The molecule has 0 amide bonds. The molecule has 0 aliphatic carbocycles. The quantitative estimate of drug-likeness (QED) is 0.413. The van der Waals surface area contributed by atoms with Crippen LogP contribution in [0.3, 0.4) is 0 Å². The Morgan fingerprint density at radius 1 is 1.00 bits per heavy atom. The summed E-state index contributed by atoms with van der Waals surface area (Å²) in [5, 5.41) is 1.33. The first kappa shape index (κ1) is 17.7. The maximum absolute atomic E-state index is 5.18. The van der Waals surface area contributed by atoms with Crippen molar-refractivity contribution in [2.45, 2.75) is 71.3 Å². The fourth-order valence-corrected chi connectivity index (χ4v) is 5.67. The second-order valence-corrected chi connectivity index (χ2v) is 9.12. The van der Waals surface area contributed by atoms with Gasteiger partial charge in [-0.1, -0.05) is 58.9 Å². The zero-order valence-electron chi connectivity index (χ0n) is 17.9. The Morgan fingerprint density at radius 2 is 1.75 bits per heavy atom. The van der Waals surface area contributed by atoms with Crippen LogP contribution in [0, 0.1) is 0 Å². The van der Waals surface area contributed by atoms with E-state index in [0.29, 0.717) is 5.92 Å². The molecule has 2 aromatic carbocycles.